The van der Waals surface area contributed by atoms with Gasteiger partial charge in [0.1, 0.15) is 0 Å². The molecule has 0 heterocycles. The van der Waals surface area contributed by atoms with Crippen molar-refractivity contribution in [2.45, 2.75) is 20.8 Å². The van der Waals surface area contributed by atoms with Crippen LogP contribution in [0, 0.1) is 0 Å². The summed E-state index contributed by atoms with van der Waals surface area (Å²) in [5, 5.41) is 2.69. The molecule has 0 bridgehead atoms. The maximum absolute atomic E-state index is 12.5. The Hall–Kier alpha value is -2.24. The first-order chi connectivity index (χ1) is 10.6. The van der Waals surface area contributed by atoms with Crippen LogP contribution in [0.2, 0.25) is 0 Å². The van der Waals surface area contributed by atoms with Crippen LogP contribution >= 0.6 is 0 Å². The van der Waals surface area contributed by atoms with Crippen molar-refractivity contribution in [1.82, 2.24) is 10.2 Å². The summed E-state index contributed by atoms with van der Waals surface area (Å²) in [6.45, 7) is 7.10. The second-order valence-corrected chi connectivity index (χ2v) is 4.57. The molecule has 122 valence electrons. The summed E-state index contributed by atoms with van der Waals surface area (Å²) in [5.41, 5.74) is 0.464. The zero-order valence-electron chi connectivity index (χ0n) is 13.6. The lowest BCUT2D eigenvalue weighted by atomic mass is 10.1. The number of hydrogen-bond donors (Lipinski definition) is 1. The summed E-state index contributed by atoms with van der Waals surface area (Å²) in [6.07, 6.45) is 0. The number of methoxy groups -OCH3 is 1. The van der Waals surface area contributed by atoms with Crippen molar-refractivity contribution in [2.24, 2.45) is 0 Å². The average Bonchev–Trinajstić information content (AvgIpc) is 2.52. The lowest BCUT2D eigenvalue weighted by molar-refractivity contribution is -0.121. The molecule has 0 aliphatic carbocycles. The van der Waals surface area contributed by atoms with Gasteiger partial charge in [-0.1, -0.05) is 0 Å². The van der Waals surface area contributed by atoms with Crippen molar-refractivity contribution in [3.05, 3.63) is 23.8 Å². The molecule has 0 spiro atoms. The Morgan fingerprint density at radius 2 is 1.91 bits per heavy atom. The molecule has 6 nitrogen and oxygen atoms in total. The number of rotatable bonds is 8. The van der Waals surface area contributed by atoms with E-state index in [2.05, 4.69) is 5.32 Å². The molecule has 0 aromatic heterocycles. The highest BCUT2D eigenvalue weighted by molar-refractivity contribution is 5.97. The largest absolute Gasteiger partial charge is 0.493 e. The van der Waals surface area contributed by atoms with Crippen LogP contribution in [0.4, 0.5) is 0 Å². The van der Waals surface area contributed by atoms with Crippen LogP contribution in [0.1, 0.15) is 31.1 Å². The highest BCUT2D eigenvalue weighted by Gasteiger charge is 2.18. The summed E-state index contributed by atoms with van der Waals surface area (Å²) in [4.78, 5) is 25.6. The lowest BCUT2D eigenvalue weighted by Crippen LogP contribution is -2.40. The van der Waals surface area contributed by atoms with Gasteiger partial charge < -0.3 is 19.7 Å². The molecule has 0 fully saturated rings. The van der Waals surface area contributed by atoms with Crippen molar-refractivity contribution < 1.29 is 19.1 Å². The number of nitrogens with zero attached hydrogens (tertiary/aromatic N) is 1. The number of amides is 2. The number of nitrogens with one attached hydrogen (secondary N) is 1. The maximum atomic E-state index is 12.5. The second kappa shape index (κ2) is 8.92. The van der Waals surface area contributed by atoms with Gasteiger partial charge in [0.2, 0.25) is 5.91 Å². The molecular weight excluding hydrogens is 284 g/mol. The van der Waals surface area contributed by atoms with Gasteiger partial charge in [-0.15, -0.1) is 0 Å². The van der Waals surface area contributed by atoms with Crippen LogP contribution in [-0.2, 0) is 4.79 Å². The Bertz CT molecular complexity index is 517. The third kappa shape index (κ3) is 4.65. The lowest BCUT2D eigenvalue weighted by Gasteiger charge is -2.21. The van der Waals surface area contributed by atoms with E-state index in [9.17, 15) is 9.59 Å². The minimum atomic E-state index is -0.213. The van der Waals surface area contributed by atoms with Gasteiger partial charge in [0.15, 0.2) is 11.5 Å². The smallest absolute Gasteiger partial charge is 0.254 e. The van der Waals surface area contributed by atoms with Gasteiger partial charge in [0.05, 0.1) is 20.3 Å². The zero-order chi connectivity index (χ0) is 16.5. The van der Waals surface area contributed by atoms with Crippen molar-refractivity contribution in [2.75, 3.05) is 33.4 Å². The minimum Gasteiger partial charge on any atom is -0.493 e. The Balaban J connectivity index is 2.92. The summed E-state index contributed by atoms with van der Waals surface area (Å²) >= 11 is 0. The van der Waals surface area contributed by atoms with Gasteiger partial charge in [-0.25, -0.2) is 0 Å². The molecule has 1 rings (SSSR count). The van der Waals surface area contributed by atoms with E-state index in [0.717, 1.165) is 0 Å². The Morgan fingerprint density at radius 1 is 1.18 bits per heavy atom. The Labute approximate surface area is 131 Å². The molecule has 1 aromatic carbocycles. The van der Waals surface area contributed by atoms with Gasteiger partial charge in [0, 0.05) is 18.7 Å². The molecule has 1 aromatic rings. The van der Waals surface area contributed by atoms with Crippen LogP contribution in [0.15, 0.2) is 18.2 Å². The molecule has 6 heteroatoms. The molecule has 1 N–H and O–H groups in total. The molecule has 0 unspecified atom stereocenters. The fraction of sp³-hybridized carbons (Fsp3) is 0.500. The summed E-state index contributed by atoms with van der Waals surface area (Å²) in [6, 6.07) is 5.01. The van der Waals surface area contributed by atoms with Crippen LogP contribution < -0.4 is 14.8 Å². The van der Waals surface area contributed by atoms with Gasteiger partial charge in [-0.05, 0) is 39.0 Å². The molecular formula is C16H24N2O4. The number of benzene rings is 1. The van der Waals surface area contributed by atoms with E-state index in [1.54, 1.807) is 18.2 Å². The maximum Gasteiger partial charge on any atom is 0.254 e. The fourth-order valence-electron chi connectivity index (χ4n) is 2.01. The number of carbonyl (C=O) groups excluding carboxylic acids is 2. The first-order valence-corrected chi connectivity index (χ1v) is 7.44. The molecule has 0 radical (unpaired) electrons. The summed E-state index contributed by atoms with van der Waals surface area (Å²) in [5.74, 6) is 0.709. The van der Waals surface area contributed by atoms with E-state index >= 15 is 0 Å². The van der Waals surface area contributed by atoms with E-state index in [4.69, 9.17) is 9.47 Å². The van der Waals surface area contributed by atoms with Crippen molar-refractivity contribution >= 4 is 11.8 Å². The Kier molecular flexibility index (Phi) is 7.22. The SMILES string of the molecule is CCNC(=O)CN(CC)C(=O)c1ccc(OCC)c(OC)c1. The average molecular weight is 308 g/mol. The summed E-state index contributed by atoms with van der Waals surface area (Å²) in [7, 11) is 1.53. The normalized spacial score (nSPS) is 10.0. The van der Waals surface area contributed by atoms with Crippen molar-refractivity contribution in [1.29, 1.82) is 0 Å². The third-order valence-corrected chi connectivity index (χ3v) is 3.09. The zero-order valence-corrected chi connectivity index (χ0v) is 13.6. The van der Waals surface area contributed by atoms with Gasteiger partial charge in [0.25, 0.3) is 5.91 Å². The standard InChI is InChI=1S/C16H24N2O4/c1-5-17-15(19)11-18(6-2)16(20)12-8-9-13(22-7-3)14(10-12)21-4/h8-10H,5-7,11H2,1-4H3,(H,17,19). The predicted molar refractivity (Wildman–Crippen MR) is 84.4 cm³/mol. The van der Waals surface area contributed by atoms with Crippen LogP contribution in [0.25, 0.3) is 0 Å². The van der Waals surface area contributed by atoms with Gasteiger partial charge >= 0.3 is 0 Å². The predicted octanol–water partition coefficient (Wildman–Crippen LogP) is 1.69. The fourth-order valence-corrected chi connectivity index (χ4v) is 2.01. The first kappa shape index (κ1) is 17.8. The van der Waals surface area contributed by atoms with Crippen LogP contribution in [0.3, 0.4) is 0 Å². The van der Waals surface area contributed by atoms with E-state index in [1.165, 1.54) is 12.0 Å². The van der Waals surface area contributed by atoms with E-state index in [-0.39, 0.29) is 18.4 Å². The molecule has 2 amide bonds. The third-order valence-electron chi connectivity index (χ3n) is 3.09. The topological polar surface area (TPSA) is 67.9 Å². The molecule has 22 heavy (non-hydrogen) atoms. The number of likely N-dealkylation sites (N-methyl/N-ethyl adjacent to an activating group) is 2. The van der Waals surface area contributed by atoms with Crippen molar-refractivity contribution in [3.8, 4) is 11.5 Å². The summed E-state index contributed by atoms with van der Waals surface area (Å²) < 4.78 is 10.7. The van der Waals surface area contributed by atoms with E-state index in [0.29, 0.717) is 36.8 Å². The number of carbonyl (C=O) groups is 2. The molecule has 0 aliphatic heterocycles. The minimum absolute atomic E-state index is 0.0404. The van der Waals surface area contributed by atoms with Crippen molar-refractivity contribution in [3.63, 3.8) is 0 Å². The van der Waals surface area contributed by atoms with Gasteiger partial charge in [-0.2, -0.15) is 0 Å². The van der Waals surface area contributed by atoms with Crippen LogP contribution in [0.5, 0.6) is 11.5 Å². The monoisotopic (exact) mass is 308 g/mol. The quantitative estimate of drug-likeness (QED) is 0.793. The highest BCUT2D eigenvalue weighted by Crippen LogP contribution is 2.28. The first-order valence-electron chi connectivity index (χ1n) is 7.44. The van der Waals surface area contributed by atoms with Gasteiger partial charge in [-0.3, -0.25) is 9.59 Å². The van der Waals surface area contributed by atoms with E-state index in [1.807, 2.05) is 20.8 Å². The Morgan fingerprint density at radius 3 is 2.45 bits per heavy atom. The molecule has 0 atom stereocenters. The second-order valence-electron chi connectivity index (χ2n) is 4.57. The van der Waals surface area contributed by atoms with E-state index < -0.39 is 0 Å². The molecule has 0 saturated carbocycles. The molecule has 0 saturated heterocycles. The number of hydrogen-bond acceptors (Lipinski definition) is 4. The van der Waals surface area contributed by atoms with Crippen LogP contribution in [-0.4, -0.2) is 50.1 Å². The molecule has 0 aliphatic rings. The highest BCUT2D eigenvalue weighted by atomic mass is 16.5. The number of ether oxygens (including phenoxy) is 2.